The van der Waals surface area contributed by atoms with Gasteiger partial charge in [-0.05, 0) is 12.1 Å². The molecule has 2 heterocycles. The lowest BCUT2D eigenvalue weighted by Crippen LogP contribution is -2.00. The second-order valence-corrected chi connectivity index (χ2v) is 4.72. The van der Waals surface area contributed by atoms with Crippen LogP contribution in [0.5, 0.6) is 0 Å². The predicted molar refractivity (Wildman–Crippen MR) is 70.7 cm³/mol. The van der Waals surface area contributed by atoms with Crippen LogP contribution in [0.3, 0.4) is 0 Å². The number of rotatable bonds is 2. The Morgan fingerprint density at radius 2 is 2.22 bits per heavy atom. The van der Waals surface area contributed by atoms with Crippen LogP contribution in [0.2, 0.25) is 0 Å². The van der Waals surface area contributed by atoms with E-state index in [0.717, 1.165) is 16.6 Å². The maximum atomic E-state index is 11.4. The third kappa shape index (κ3) is 1.69. The zero-order chi connectivity index (χ0) is 12.5. The summed E-state index contributed by atoms with van der Waals surface area (Å²) in [5, 5.41) is 10.0. The number of thiophene rings is 1. The van der Waals surface area contributed by atoms with Gasteiger partial charge >= 0.3 is 5.97 Å². The van der Waals surface area contributed by atoms with Gasteiger partial charge in [-0.25, -0.2) is 4.79 Å². The number of carbonyl (C=O) groups is 1. The van der Waals surface area contributed by atoms with Crippen molar-refractivity contribution in [1.29, 1.82) is 0 Å². The molecule has 0 unspecified atom stereocenters. The van der Waals surface area contributed by atoms with E-state index in [1.54, 1.807) is 17.4 Å². The molecule has 0 atom stereocenters. The molecule has 0 spiro atoms. The standard InChI is InChI=1S/C13H10N2O2S/c1-17-13(16)11-6-10(14-15-11)9-7-18-12-5-3-2-4-8(9)12/h2-7H,1H3,(H,14,15). The molecule has 0 amide bonds. The highest BCUT2D eigenvalue weighted by Gasteiger charge is 2.13. The molecule has 0 aliphatic carbocycles. The number of esters is 1. The summed E-state index contributed by atoms with van der Waals surface area (Å²) in [6, 6.07) is 9.82. The lowest BCUT2D eigenvalue weighted by Gasteiger charge is -1.93. The van der Waals surface area contributed by atoms with Gasteiger partial charge in [0.25, 0.3) is 0 Å². The maximum absolute atomic E-state index is 11.4. The second kappa shape index (κ2) is 4.27. The zero-order valence-corrected chi connectivity index (χ0v) is 10.5. The molecule has 3 rings (SSSR count). The average Bonchev–Trinajstić information content (AvgIpc) is 3.03. The summed E-state index contributed by atoms with van der Waals surface area (Å²) in [4.78, 5) is 11.4. The fraction of sp³-hybridized carbons (Fsp3) is 0.0769. The van der Waals surface area contributed by atoms with Gasteiger partial charge in [0.15, 0.2) is 0 Å². The Hall–Kier alpha value is -2.14. The van der Waals surface area contributed by atoms with E-state index in [1.807, 2.05) is 23.6 Å². The molecule has 0 fully saturated rings. The van der Waals surface area contributed by atoms with Crippen LogP contribution in [0, 0.1) is 0 Å². The van der Waals surface area contributed by atoms with Gasteiger partial charge in [-0.1, -0.05) is 18.2 Å². The molecule has 0 saturated heterocycles. The third-order valence-electron chi connectivity index (χ3n) is 2.74. The number of ether oxygens (including phenoxy) is 1. The van der Waals surface area contributed by atoms with Crippen molar-refractivity contribution in [3.63, 3.8) is 0 Å². The maximum Gasteiger partial charge on any atom is 0.356 e. The van der Waals surface area contributed by atoms with Crippen LogP contribution >= 0.6 is 11.3 Å². The number of fused-ring (bicyclic) bond motifs is 1. The number of benzene rings is 1. The topological polar surface area (TPSA) is 55.0 Å². The van der Waals surface area contributed by atoms with E-state index in [4.69, 9.17) is 0 Å². The van der Waals surface area contributed by atoms with Crippen LogP contribution in [0.25, 0.3) is 21.3 Å². The number of H-pyrrole nitrogens is 1. The fourth-order valence-corrected chi connectivity index (χ4v) is 2.81. The predicted octanol–water partition coefficient (Wildman–Crippen LogP) is 3.08. The van der Waals surface area contributed by atoms with Gasteiger partial charge in [0, 0.05) is 21.0 Å². The van der Waals surface area contributed by atoms with E-state index in [1.165, 1.54) is 11.8 Å². The highest BCUT2D eigenvalue weighted by molar-refractivity contribution is 7.17. The van der Waals surface area contributed by atoms with E-state index < -0.39 is 5.97 Å². The molecule has 1 aromatic carbocycles. The molecule has 1 N–H and O–H groups in total. The monoisotopic (exact) mass is 258 g/mol. The minimum absolute atomic E-state index is 0.364. The van der Waals surface area contributed by atoms with Gasteiger partial charge in [-0.2, -0.15) is 5.10 Å². The summed E-state index contributed by atoms with van der Waals surface area (Å²) in [5.74, 6) is -0.409. The first-order chi connectivity index (χ1) is 8.79. The minimum Gasteiger partial charge on any atom is -0.464 e. The minimum atomic E-state index is -0.409. The molecule has 90 valence electrons. The van der Waals surface area contributed by atoms with Crippen molar-refractivity contribution in [2.24, 2.45) is 0 Å². The van der Waals surface area contributed by atoms with Crippen molar-refractivity contribution in [1.82, 2.24) is 10.2 Å². The van der Waals surface area contributed by atoms with Crippen molar-refractivity contribution in [2.45, 2.75) is 0 Å². The van der Waals surface area contributed by atoms with Crippen molar-refractivity contribution < 1.29 is 9.53 Å². The van der Waals surface area contributed by atoms with Gasteiger partial charge < -0.3 is 4.74 Å². The van der Waals surface area contributed by atoms with Gasteiger partial charge in [-0.15, -0.1) is 11.3 Å². The van der Waals surface area contributed by atoms with Crippen LogP contribution < -0.4 is 0 Å². The Bertz CT molecular complexity index is 714. The number of aromatic amines is 1. The molecule has 4 nitrogen and oxygen atoms in total. The lowest BCUT2D eigenvalue weighted by molar-refractivity contribution is 0.0594. The molecule has 2 aromatic heterocycles. The average molecular weight is 258 g/mol. The number of methoxy groups -OCH3 is 1. The number of hydrogen-bond donors (Lipinski definition) is 1. The first-order valence-electron chi connectivity index (χ1n) is 5.40. The number of hydrogen-bond acceptors (Lipinski definition) is 4. The Morgan fingerprint density at radius 3 is 3.06 bits per heavy atom. The molecule has 18 heavy (non-hydrogen) atoms. The number of nitrogens with zero attached hydrogens (tertiary/aromatic N) is 1. The lowest BCUT2D eigenvalue weighted by atomic mass is 10.1. The van der Waals surface area contributed by atoms with E-state index >= 15 is 0 Å². The van der Waals surface area contributed by atoms with Crippen LogP contribution in [-0.2, 0) is 4.74 Å². The second-order valence-electron chi connectivity index (χ2n) is 3.80. The number of nitrogens with one attached hydrogen (secondary N) is 1. The van der Waals surface area contributed by atoms with Crippen molar-refractivity contribution in [3.05, 3.63) is 41.4 Å². The smallest absolute Gasteiger partial charge is 0.356 e. The van der Waals surface area contributed by atoms with E-state index in [9.17, 15) is 4.79 Å². The third-order valence-corrected chi connectivity index (χ3v) is 3.70. The summed E-state index contributed by atoms with van der Waals surface area (Å²) >= 11 is 1.66. The van der Waals surface area contributed by atoms with Gasteiger partial charge in [-0.3, -0.25) is 5.10 Å². The molecule has 0 aliphatic heterocycles. The first-order valence-corrected chi connectivity index (χ1v) is 6.28. The van der Waals surface area contributed by atoms with Gasteiger partial charge in [0.1, 0.15) is 5.69 Å². The van der Waals surface area contributed by atoms with Gasteiger partial charge in [0.05, 0.1) is 12.8 Å². The van der Waals surface area contributed by atoms with Gasteiger partial charge in [0.2, 0.25) is 0 Å². The summed E-state index contributed by atoms with van der Waals surface area (Å²) < 4.78 is 5.85. The normalized spacial score (nSPS) is 10.7. The van der Waals surface area contributed by atoms with Crippen molar-refractivity contribution in [2.75, 3.05) is 7.11 Å². The molecule has 0 aliphatic rings. The summed E-state index contributed by atoms with van der Waals surface area (Å²) in [6.07, 6.45) is 0. The molecule has 3 aromatic rings. The molecule has 5 heteroatoms. The van der Waals surface area contributed by atoms with E-state index in [-0.39, 0.29) is 0 Å². The summed E-state index contributed by atoms with van der Waals surface area (Å²) in [6.45, 7) is 0. The van der Waals surface area contributed by atoms with Crippen molar-refractivity contribution in [3.8, 4) is 11.3 Å². The molecule has 0 bridgehead atoms. The Morgan fingerprint density at radius 1 is 1.39 bits per heavy atom. The van der Waals surface area contributed by atoms with Crippen LogP contribution in [0.4, 0.5) is 0 Å². The Kier molecular flexibility index (Phi) is 2.60. The largest absolute Gasteiger partial charge is 0.464 e. The van der Waals surface area contributed by atoms with Crippen molar-refractivity contribution >= 4 is 27.4 Å². The zero-order valence-electron chi connectivity index (χ0n) is 9.64. The summed E-state index contributed by atoms with van der Waals surface area (Å²) in [5.41, 5.74) is 2.15. The van der Waals surface area contributed by atoms with Crippen LogP contribution in [0.15, 0.2) is 35.7 Å². The molecular formula is C13H10N2O2S. The Balaban J connectivity index is 2.09. The Labute approximate surface area is 107 Å². The fourth-order valence-electron chi connectivity index (χ4n) is 1.85. The quantitative estimate of drug-likeness (QED) is 0.719. The highest BCUT2D eigenvalue weighted by Crippen LogP contribution is 2.32. The van der Waals surface area contributed by atoms with E-state index in [2.05, 4.69) is 21.0 Å². The molecule has 0 saturated carbocycles. The SMILES string of the molecule is COC(=O)c1cc(-c2csc3ccccc23)n[nH]1. The number of aromatic nitrogens is 2. The molecular weight excluding hydrogens is 248 g/mol. The summed E-state index contributed by atoms with van der Waals surface area (Å²) in [7, 11) is 1.35. The van der Waals surface area contributed by atoms with E-state index in [0.29, 0.717) is 5.69 Å². The molecule has 0 radical (unpaired) electrons. The highest BCUT2D eigenvalue weighted by atomic mass is 32.1. The van der Waals surface area contributed by atoms with Crippen LogP contribution in [-0.4, -0.2) is 23.3 Å². The number of carbonyl (C=O) groups excluding carboxylic acids is 1. The van der Waals surface area contributed by atoms with Crippen LogP contribution in [0.1, 0.15) is 10.5 Å². The first kappa shape index (κ1) is 11.0.